The monoisotopic (exact) mass is 352 g/mol. The maximum Gasteiger partial charge on any atom is 0.223 e. The zero-order valence-electron chi connectivity index (χ0n) is 15.8. The molecule has 26 heavy (non-hydrogen) atoms. The van der Waals surface area contributed by atoms with Gasteiger partial charge in [-0.2, -0.15) is 0 Å². The van der Waals surface area contributed by atoms with Gasteiger partial charge >= 0.3 is 0 Å². The summed E-state index contributed by atoms with van der Waals surface area (Å²) in [4.78, 5) is 29.5. The van der Waals surface area contributed by atoms with Crippen LogP contribution >= 0.6 is 0 Å². The highest BCUT2D eigenvalue weighted by Gasteiger charge is 2.22. The summed E-state index contributed by atoms with van der Waals surface area (Å²) < 4.78 is 0. The zero-order chi connectivity index (χ0) is 18.5. The number of likely N-dealkylation sites (tertiary alicyclic amines) is 1. The number of amides is 1. The van der Waals surface area contributed by atoms with Gasteiger partial charge in [0.1, 0.15) is 0 Å². The maximum atomic E-state index is 12.7. The van der Waals surface area contributed by atoms with Crippen LogP contribution in [-0.2, 0) is 4.79 Å². The van der Waals surface area contributed by atoms with Crippen LogP contribution in [0.2, 0.25) is 0 Å². The Kier molecular flexibility index (Phi) is 6.04. The summed E-state index contributed by atoms with van der Waals surface area (Å²) >= 11 is 0. The molecule has 1 unspecified atom stereocenters. The molecule has 0 radical (unpaired) electrons. The first-order valence-electron chi connectivity index (χ1n) is 9.51. The standard InChI is InChI=1S/C22H28N2O2/c1-23(2)18-9-6-15-24(16-14-18)22(26)13-12-21(25)20-11-5-8-17-7-3-4-10-19(17)20/h3-5,7-8,10-11,18H,6,9,12-16H2,1-2H3. The highest BCUT2D eigenvalue weighted by Crippen LogP contribution is 2.21. The molecule has 1 saturated heterocycles. The lowest BCUT2D eigenvalue weighted by Gasteiger charge is -2.23. The van der Waals surface area contributed by atoms with E-state index in [1.807, 2.05) is 47.4 Å². The summed E-state index contributed by atoms with van der Waals surface area (Å²) in [5, 5.41) is 2.03. The first-order chi connectivity index (χ1) is 12.6. The fourth-order valence-corrected chi connectivity index (χ4v) is 3.83. The van der Waals surface area contributed by atoms with E-state index in [1.54, 1.807) is 0 Å². The number of hydrogen-bond donors (Lipinski definition) is 0. The van der Waals surface area contributed by atoms with Gasteiger partial charge in [0, 0.05) is 37.5 Å². The average Bonchev–Trinajstić information content (AvgIpc) is 2.92. The molecular weight excluding hydrogens is 324 g/mol. The molecule has 4 heteroatoms. The fraction of sp³-hybridized carbons (Fsp3) is 0.455. The summed E-state index contributed by atoms with van der Waals surface area (Å²) in [6.45, 7) is 1.61. The molecule has 2 aromatic carbocycles. The molecule has 4 nitrogen and oxygen atoms in total. The minimum absolute atomic E-state index is 0.0520. The van der Waals surface area contributed by atoms with Crippen LogP contribution in [-0.4, -0.2) is 54.7 Å². The summed E-state index contributed by atoms with van der Waals surface area (Å²) in [7, 11) is 4.20. The first kappa shape index (κ1) is 18.6. The lowest BCUT2D eigenvalue weighted by atomic mass is 9.99. The summed E-state index contributed by atoms with van der Waals surface area (Å²) in [5.74, 6) is 0.161. The third-order valence-corrected chi connectivity index (χ3v) is 5.44. The van der Waals surface area contributed by atoms with Crippen LogP contribution in [0.5, 0.6) is 0 Å². The van der Waals surface area contributed by atoms with Crippen molar-refractivity contribution in [3.05, 3.63) is 48.0 Å². The molecule has 3 rings (SSSR count). The Morgan fingerprint density at radius 1 is 1.00 bits per heavy atom. The van der Waals surface area contributed by atoms with Gasteiger partial charge in [-0.05, 0) is 44.1 Å². The molecule has 138 valence electrons. The van der Waals surface area contributed by atoms with Crippen molar-refractivity contribution in [2.24, 2.45) is 0 Å². The van der Waals surface area contributed by atoms with Crippen LogP contribution < -0.4 is 0 Å². The van der Waals surface area contributed by atoms with E-state index < -0.39 is 0 Å². The van der Waals surface area contributed by atoms with Crippen LogP contribution in [0.1, 0.15) is 42.5 Å². The topological polar surface area (TPSA) is 40.6 Å². The SMILES string of the molecule is CN(C)C1CCCN(C(=O)CCC(=O)c2cccc3ccccc23)CC1. The van der Waals surface area contributed by atoms with Crippen LogP contribution in [0.15, 0.2) is 42.5 Å². The van der Waals surface area contributed by atoms with E-state index in [1.165, 1.54) is 0 Å². The van der Waals surface area contributed by atoms with Crippen LogP contribution in [0.3, 0.4) is 0 Å². The van der Waals surface area contributed by atoms with E-state index >= 15 is 0 Å². The molecule has 1 aliphatic rings. The highest BCUT2D eigenvalue weighted by atomic mass is 16.2. The van der Waals surface area contributed by atoms with Crippen molar-refractivity contribution in [2.75, 3.05) is 27.2 Å². The Bertz CT molecular complexity index is 779. The number of hydrogen-bond acceptors (Lipinski definition) is 3. The molecule has 0 saturated carbocycles. The molecule has 2 aromatic rings. The van der Waals surface area contributed by atoms with Gasteiger partial charge < -0.3 is 9.80 Å². The van der Waals surface area contributed by atoms with Gasteiger partial charge in [-0.25, -0.2) is 0 Å². The van der Waals surface area contributed by atoms with Crippen molar-refractivity contribution in [3.8, 4) is 0 Å². The summed E-state index contributed by atoms with van der Waals surface area (Å²) in [5.41, 5.74) is 0.722. The van der Waals surface area contributed by atoms with Crippen molar-refractivity contribution in [1.82, 2.24) is 9.80 Å². The third-order valence-electron chi connectivity index (χ3n) is 5.44. The van der Waals surface area contributed by atoms with Crippen molar-refractivity contribution < 1.29 is 9.59 Å². The van der Waals surface area contributed by atoms with Crippen molar-refractivity contribution in [2.45, 2.75) is 38.1 Å². The zero-order valence-corrected chi connectivity index (χ0v) is 15.8. The number of Topliss-reactive ketones (excluding diaryl/α,β-unsaturated/α-hetero) is 1. The molecule has 1 atom stereocenters. The van der Waals surface area contributed by atoms with Gasteiger partial charge in [0.05, 0.1) is 0 Å². The van der Waals surface area contributed by atoms with E-state index in [0.29, 0.717) is 12.5 Å². The average molecular weight is 352 g/mol. The second kappa shape index (κ2) is 8.45. The molecule has 1 amide bonds. The molecule has 1 fully saturated rings. The molecular formula is C22H28N2O2. The smallest absolute Gasteiger partial charge is 0.223 e. The minimum atomic E-state index is 0.0520. The predicted molar refractivity (Wildman–Crippen MR) is 105 cm³/mol. The van der Waals surface area contributed by atoms with Crippen LogP contribution in [0, 0.1) is 0 Å². The minimum Gasteiger partial charge on any atom is -0.343 e. The van der Waals surface area contributed by atoms with E-state index in [9.17, 15) is 9.59 Å². The molecule has 1 aliphatic heterocycles. The number of ketones is 1. The lowest BCUT2D eigenvalue weighted by molar-refractivity contribution is -0.131. The molecule has 0 spiro atoms. The van der Waals surface area contributed by atoms with Crippen LogP contribution in [0.25, 0.3) is 10.8 Å². The summed E-state index contributed by atoms with van der Waals surface area (Å²) in [6.07, 6.45) is 3.75. The fourth-order valence-electron chi connectivity index (χ4n) is 3.83. The van der Waals surface area contributed by atoms with Gasteiger partial charge in [-0.3, -0.25) is 9.59 Å². The third kappa shape index (κ3) is 4.31. The number of nitrogens with zero attached hydrogens (tertiary/aromatic N) is 2. The Hall–Kier alpha value is -2.20. The van der Waals surface area contributed by atoms with Gasteiger partial charge in [-0.15, -0.1) is 0 Å². The van der Waals surface area contributed by atoms with Gasteiger partial charge in [0.2, 0.25) is 5.91 Å². The quantitative estimate of drug-likeness (QED) is 0.770. The second-order valence-corrected chi connectivity index (χ2v) is 7.38. The number of rotatable bonds is 5. The van der Waals surface area contributed by atoms with Gasteiger partial charge in [-0.1, -0.05) is 42.5 Å². The van der Waals surface area contributed by atoms with Gasteiger partial charge in [0.15, 0.2) is 5.78 Å². The van der Waals surface area contributed by atoms with E-state index in [4.69, 9.17) is 0 Å². The number of benzene rings is 2. The highest BCUT2D eigenvalue weighted by molar-refractivity contribution is 6.08. The number of carbonyl (C=O) groups is 2. The number of carbonyl (C=O) groups excluding carboxylic acids is 2. The first-order valence-corrected chi connectivity index (χ1v) is 9.51. The second-order valence-electron chi connectivity index (χ2n) is 7.38. The van der Waals surface area contributed by atoms with E-state index in [2.05, 4.69) is 19.0 Å². The lowest BCUT2D eigenvalue weighted by Crippen LogP contribution is -2.34. The maximum absolute atomic E-state index is 12.7. The van der Waals surface area contributed by atoms with E-state index in [-0.39, 0.29) is 18.1 Å². The largest absolute Gasteiger partial charge is 0.343 e. The molecule has 1 heterocycles. The van der Waals surface area contributed by atoms with Crippen molar-refractivity contribution in [3.63, 3.8) is 0 Å². The number of fused-ring (bicyclic) bond motifs is 1. The summed E-state index contributed by atoms with van der Waals surface area (Å²) in [6, 6.07) is 14.2. The Morgan fingerprint density at radius 3 is 2.58 bits per heavy atom. The van der Waals surface area contributed by atoms with Crippen molar-refractivity contribution >= 4 is 22.5 Å². The molecule has 0 bridgehead atoms. The molecule has 0 N–H and O–H groups in total. The normalized spacial score (nSPS) is 18.1. The Balaban J connectivity index is 1.59. The van der Waals surface area contributed by atoms with Crippen LogP contribution in [0.4, 0.5) is 0 Å². The predicted octanol–water partition coefficient (Wildman–Crippen LogP) is 3.75. The van der Waals surface area contributed by atoms with E-state index in [0.717, 1.165) is 48.7 Å². The Labute approximate surface area is 155 Å². The molecule has 0 aromatic heterocycles. The molecule has 0 aliphatic carbocycles. The van der Waals surface area contributed by atoms with Gasteiger partial charge in [0.25, 0.3) is 0 Å². The Morgan fingerprint density at radius 2 is 1.77 bits per heavy atom. The van der Waals surface area contributed by atoms with Crippen molar-refractivity contribution in [1.29, 1.82) is 0 Å².